The Bertz CT molecular complexity index is 1920. The van der Waals surface area contributed by atoms with Crippen LogP contribution in [0.3, 0.4) is 0 Å². The van der Waals surface area contributed by atoms with Crippen molar-refractivity contribution in [3.05, 3.63) is 96.2 Å². The molecule has 11 nitrogen and oxygen atoms in total. The lowest BCUT2D eigenvalue weighted by Gasteiger charge is -2.15. The number of halogens is 2. The summed E-state index contributed by atoms with van der Waals surface area (Å²) in [5.41, 5.74) is 0.0194. The Balaban J connectivity index is 1.69. The van der Waals surface area contributed by atoms with Gasteiger partial charge >= 0.3 is 11.7 Å². The zero-order chi connectivity index (χ0) is 29.3. The third-order valence-electron chi connectivity index (χ3n) is 5.94. The normalized spacial score (nSPS) is 12.2. The predicted molar refractivity (Wildman–Crippen MR) is 157 cm³/mol. The van der Waals surface area contributed by atoms with Crippen molar-refractivity contribution in [2.45, 2.75) is 20.0 Å². The topological polar surface area (TPSA) is 139 Å². The van der Waals surface area contributed by atoms with Gasteiger partial charge in [-0.3, -0.25) is 14.9 Å². The number of aromatic nitrogens is 2. The lowest BCUT2D eigenvalue weighted by molar-refractivity contribution is -0.386. The Hall–Kier alpha value is -4.55. The van der Waals surface area contributed by atoms with Crippen LogP contribution in [0.5, 0.6) is 5.75 Å². The second-order valence-electron chi connectivity index (χ2n) is 8.72. The fraction of sp³-hybridized carbons (Fsp3) is 0.143. The van der Waals surface area contributed by atoms with E-state index in [-0.39, 0.29) is 39.9 Å². The van der Waals surface area contributed by atoms with Crippen molar-refractivity contribution < 1.29 is 23.6 Å². The summed E-state index contributed by atoms with van der Waals surface area (Å²) in [5.74, 6) is -0.632. The van der Waals surface area contributed by atoms with Crippen LogP contribution in [0.1, 0.15) is 19.4 Å². The van der Waals surface area contributed by atoms with Crippen molar-refractivity contribution in [2.75, 3.05) is 6.61 Å². The van der Waals surface area contributed by atoms with Gasteiger partial charge in [-0.05, 0) is 56.3 Å². The zero-order valence-corrected chi connectivity index (χ0v) is 23.9. The molecule has 2 heterocycles. The molecule has 0 radical (unpaired) electrons. The zero-order valence-electron chi connectivity index (χ0n) is 21.5. The molecule has 41 heavy (non-hydrogen) atoms. The summed E-state index contributed by atoms with van der Waals surface area (Å²) >= 11 is 9.61. The van der Waals surface area contributed by atoms with Crippen molar-refractivity contribution in [3.63, 3.8) is 0 Å². The third kappa shape index (κ3) is 5.70. The fourth-order valence-corrected chi connectivity index (χ4v) is 4.68. The van der Waals surface area contributed by atoms with Gasteiger partial charge in [0.05, 0.1) is 28.6 Å². The van der Waals surface area contributed by atoms with Gasteiger partial charge < -0.3 is 13.9 Å². The molecule has 0 spiro atoms. The van der Waals surface area contributed by atoms with Crippen molar-refractivity contribution in [1.29, 1.82) is 0 Å². The van der Waals surface area contributed by atoms with Gasteiger partial charge in [-0.2, -0.15) is 9.78 Å². The molecular formula is C28H20BrClN4O7. The molecule has 1 atom stereocenters. The number of benzene rings is 3. The molecule has 0 amide bonds. The average Bonchev–Trinajstić information content (AvgIpc) is 3.36. The maximum absolute atomic E-state index is 13.6. The van der Waals surface area contributed by atoms with Gasteiger partial charge in [0.2, 0.25) is 11.6 Å². The number of nitro groups is 1. The summed E-state index contributed by atoms with van der Waals surface area (Å²) in [7, 11) is 0. The number of rotatable bonds is 8. The minimum Gasteiger partial charge on any atom is -0.471 e. The number of hydrogen-bond acceptors (Lipinski definition) is 9. The lowest BCUT2D eigenvalue weighted by Crippen LogP contribution is -2.27. The standard InChI is InChI=1S/C28H20BrClN4O7/c1-3-39-28(36)15(2)40-25-17(11-19(30)13-22(25)34(37)38)14-31-33-26(32-21-7-5-4-6-20(21)27(33)35)24-12-16-10-18(29)8-9-23(16)41-24/h4-15H,3H2,1-2H3/t15-/m0/s1. The van der Waals surface area contributed by atoms with E-state index in [0.29, 0.717) is 11.1 Å². The largest absolute Gasteiger partial charge is 0.471 e. The van der Waals surface area contributed by atoms with E-state index in [1.807, 2.05) is 12.1 Å². The molecule has 0 aliphatic heterocycles. The highest BCUT2D eigenvalue weighted by atomic mass is 79.9. The molecule has 0 N–H and O–H groups in total. The van der Waals surface area contributed by atoms with Crippen molar-refractivity contribution in [3.8, 4) is 17.3 Å². The van der Waals surface area contributed by atoms with E-state index in [1.54, 1.807) is 43.3 Å². The minimum atomic E-state index is -1.18. The van der Waals surface area contributed by atoms with E-state index in [2.05, 4.69) is 26.0 Å². The molecule has 0 saturated carbocycles. The molecule has 5 aromatic rings. The molecule has 13 heteroatoms. The molecule has 0 bridgehead atoms. The highest BCUT2D eigenvalue weighted by Crippen LogP contribution is 2.35. The molecule has 5 rings (SSSR count). The molecule has 0 aliphatic carbocycles. The van der Waals surface area contributed by atoms with Crippen molar-refractivity contribution in [1.82, 2.24) is 9.66 Å². The summed E-state index contributed by atoms with van der Waals surface area (Å²) in [4.78, 5) is 41.6. The van der Waals surface area contributed by atoms with Crippen LogP contribution >= 0.6 is 27.5 Å². The maximum Gasteiger partial charge on any atom is 0.347 e. The number of esters is 1. The molecule has 0 saturated heterocycles. The van der Waals surface area contributed by atoms with Gasteiger partial charge in [0.15, 0.2) is 11.9 Å². The van der Waals surface area contributed by atoms with E-state index in [0.717, 1.165) is 20.6 Å². The number of ether oxygens (including phenoxy) is 2. The second-order valence-corrected chi connectivity index (χ2v) is 10.1. The highest BCUT2D eigenvalue weighted by molar-refractivity contribution is 9.10. The number of fused-ring (bicyclic) bond motifs is 2. The number of para-hydroxylation sites is 1. The number of carbonyl (C=O) groups excluding carboxylic acids is 1. The summed E-state index contributed by atoms with van der Waals surface area (Å²) in [5, 5.41) is 17.3. The van der Waals surface area contributed by atoms with E-state index in [9.17, 15) is 19.7 Å². The van der Waals surface area contributed by atoms with E-state index in [4.69, 9.17) is 25.5 Å². The Morgan fingerprint density at radius 3 is 2.78 bits per heavy atom. The van der Waals surface area contributed by atoms with Gasteiger partial charge in [-0.1, -0.05) is 39.7 Å². The Labute approximate surface area is 245 Å². The van der Waals surface area contributed by atoms with Crippen LogP contribution in [0, 0.1) is 10.1 Å². The predicted octanol–water partition coefficient (Wildman–Crippen LogP) is 6.35. The van der Waals surface area contributed by atoms with Crippen LogP contribution < -0.4 is 10.3 Å². The van der Waals surface area contributed by atoms with Crippen LogP contribution in [-0.2, 0) is 9.53 Å². The number of furan rings is 1. The van der Waals surface area contributed by atoms with Crippen molar-refractivity contribution in [2.24, 2.45) is 5.10 Å². The SMILES string of the molecule is CCOC(=O)[C@H](C)Oc1c(C=Nn2c(-c3cc4cc(Br)ccc4o3)nc3ccccc3c2=O)cc(Cl)cc1[N+](=O)[O-]. The second kappa shape index (κ2) is 11.5. The number of nitro benzene ring substituents is 1. The summed E-state index contributed by atoms with van der Waals surface area (Å²) in [6.45, 7) is 3.12. The van der Waals surface area contributed by atoms with Crippen LogP contribution in [0.15, 0.2) is 79.4 Å². The summed E-state index contributed by atoms with van der Waals surface area (Å²) in [6.07, 6.45) is -0.00960. The summed E-state index contributed by atoms with van der Waals surface area (Å²) in [6, 6.07) is 16.4. The van der Waals surface area contributed by atoms with Crippen molar-refractivity contribution >= 4 is 67.3 Å². The third-order valence-corrected chi connectivity index (χ3v) is 6.65. The van der Waals surface area contributed by atoms with Gasteiger partial charge in [-0.15, -0.1) is 0 Å². The highest BCUT2D eigenvalue weighted by Gasteiger charge is 2.26. The lowest BCUT2D eigenvalue weighted by atomic mass is 10.2. The van der Waals surface area contributed by atoms with Crippen LogP contribution in [0.2, 0.25) is 5.02 Å². The molecule has 208 valence electrons. The number of carbonyl (C=O) groups is 1. The maximum atomic E-state index is 13.6. The Morgan fingerprint density at radius 1 is 1.24 bits per heavy atom. The van der Waals surface area contributed by atoms with Crippen LogP contribution in [0.4, 0.5) is 5.69 Å². The first-order chi connectivity index (χ1) is 19.7. The summed E-state index contributed by atoms with van der Waals surface area (Å²) < 4.78 is 18.5. The van der Waals surface area contributed by atoms with Gasteiger partial charge in [0.1, 0.15) is 5.58 Å². The van der Waals surface area contributed by atoms with E-state index in [1.165, 1.54) is 19.2 Å². The first-order valence-electron chi connectivity index (χ1n) is 12.2. The van der Waals surface area contributed by atoms with E-state index >= 15 is 0 Å². The molecular weight excluding hydrogens is 620 g/mol. The fourth-order valence-electron chi connectivity index (χ4n) is 4.08. The number of hydrogen-bond donors (Lipinski definition) is 0. The first-order valence-corrected chi connectivity index (χ1v) is 13.4. The Kier molecular flexibility index (Phi) is 7.86. The van der Waals surface area contributed by atoms with Gasteiger partial charge in [0, 0.05) is 26.5 Å². The minimum absolute atomic E-state index is 0.0151. The smallest absolute Gasteiger partial charge is 0.347 e. The van der Waals surface area contributed by atoms with Gasteiger partial charge in [0.25, 0.3) is 5.56 Å². The number of nitrogens with zero attached hydrogens (tertiary/aromatic N) is 4. The van der Waals surface area contributed by atoms with Gasteiger partial charge in [-0.25, -0.2) is 9.78 Å². The van der Waals surface area contributed by atoms with E-state index < -0.39 is 28.2 Å². The molecule has 0 unspecified atom stereocenters. The quantitative estimate of drug-likeness (QED) is 0.0829. The average molecular weight is 640 g/mol. The van der Waals surface area contributed by atoms with Crippen LogP contribution in [0.25, 0.3) is 33.5 Å². The molecule has 0 aliphatic rings. The molecule has 3 aromatic carbocycles. The first kappa shape index (κ1) is 28.0. The molecule has 2 aromatic heterocycles. The molecule has 0 fully saturated rings. The van der Waals surface area contributed by atoms with Crippen LogP contribution in [-0.4, -0.2) is 39.5 Å². The monoisotopic (exact) mass is 638 g/mol. The Morgan fingerprint density at radius 2 is 2.02 bits per heavy atom.